The third kappa shape index (κ3) is 11.8. The van der Waals surface area contributed by atoms with Crippen LogP contribution in [0.5, 0.6) is 0 Å². The molecule has 0 spiro atoms. The molecule has 0 bridgehead atoms. The first-order valence-electron chi connectivity index (χ1n) is 22.6. The van der Waals surface area contributed by atoms with Crippen molar-refractivity contribution in [2.24, 2.45) is 23.7 Å². The van der Waals surface area contributed by atoms with Gasteiger partial charge in [0.25, 0.3) is 0 Å². The van der Waals surface area contributed by atoms with Gasteiger partial charge in [-0.15, -0.1) is 0 Å². The fourth-order valence-electron chi connectivity index (χ4n) is 9.52. The zero-order valence-electron chi connectivity index (χ0n) is 34.7. The monoisotopic (exact) mass is 743 g/mol. The van der Waals surface area contributed by atoms with Gasteiger partial charge in [0, 0.05) is 23.5 Å². The summed E-state index contributed by atoms with van der Waals surface area (Å²) in [4.78, 5) is 19.2. The van der Waals surface area contributed by atoms with Crippen LogP contribution in [0.15, 0.2) is 73.3 Å². The maximum absolute atomic E-state index is 7.65. The third-order valence-corrected chi connectivity index (χ3v) is 12.9. The van der Waals surface area contributed by atoms with E-state index in [4.69, 9.17) is 24.7 Å². The molecule has 2 fully saturated rings. The number of hydrogen-bond donors (Lipinski definition) is 0. The van der Waals surface area contributed by atoms with E-state index in [1.807, 2.05) is 24.8 Å². The van der Waals surface area contributed by atoms with Crippen LogP contribution >= 0.6 is 0 Å². The number of ether oxygens (including phenoxy) is 1. The van der Waals surface area contributed by atoms with Crippen LogP contribution in [0.25, 0.3) is 22.5 Å². The predicted molar refractivity (Wildman–Crippen MR) is 229 cm³/mol. The van der Waals surface area contributed by atoms with Crippen LogP contribution in [0.3, 0.4) is 0 Å². The van der Waals surface area contributed by atoms with E-state index in [0.29, 0.717) is 11.8 Å². The summed E-state index contributed by atoms with van der Waals surface area (Å²) in [6.07, 6.45) is 32.8. The lowest BCUT2D eigenvalue weighted by Crippen LogP contribution is -2.28. The summed E-state index contributed by atoms with van der Waals surface area (Å²) in [5, 5.41) is 0. The molecule has 2 aliphatic rings. The van der Waals surface area contributed by atoms with E-state index in [2.05, 4.69) is 76.2 Å². The Morgan fingerprint density at radius 1 is 0.473 bits per heavy atom. The molecule has 0 radical (unpaired) electrons. The number of benzene rings is 2. The van der Waals surface area contributed by atoms with Crippen molar-refractivity contribution in [3.63, 3.8) is 0 Å². The van der Waals surface area contributed by atoms with Crippen LogP contribution in [-0.2, 0) is 17.6 Å². The third-order valence-electron chi connectivity index (χ3n) is 12.9. The number of rotatable bonds is 20. The summed E-state index contributed by atoms with van der Waals surface area (Å²) in [5.74, 6) is 2.76. The molecule has 296 valence electrons. The molecule has 2 aliphatic carbocycles. The van der Waals surface area contributed by atoms with Gasteiger partial charge in [-0.1, -0.05) is 153 Å². The minimum absolute atomic E-state index is 0.0628. The molecule has 0 saturated heterocycles. The van der Waals surface area contributed by atoms with Gasteiger partial charge in [0.15, 0.2) is 0 Å². The standard InChI is InChI=1S/C50H70N4O/c1-5-9-11-15-45-33-53-47(35-51-45)39-25-29-43(30-26-39)49(41-21-17-37(13-7-3)18-22-41)55-50(42-23-19-38(14-8-4)20-24-42)44-31-27-40(28-32-44)48-36-52-46(34-54-48)16-12-10-6-2/h25-38,41-42,49-50H,5-24H2,1-4H3. The van der Waals surface area contributed by atoms with Crippen LogP contribution in [0.1, 0.15) is 178 Å². The van der Waals surface area contributed by atoms with Gasteiger partial charge in [0.1, 0.15) is 0 Å². The highest BCUT2D eigenvalue weighted by atomic mass is 16.5. The van der Waals surface area contributed by atoms with E-state index in [9.17, 15) is 0 Å². The molecule has 2 aromatic heterocycles. The van der Waals surface area contributed by atoms with Gasteiger partial charge in [-0.25, -0.2) is 0 Å². The number of nitrogens with zero attached hydrogens (tertiary/aromatic N) is 4. The molecule has 2 aromatic carbocycles. The van der Waals surface area contributed by atoms with Crippen molar-refractivity contribution >= 4 is 0 Å². The van der Waals surface area contributed by atoms with E-state index < -0.39 is 0 Å². The summed E-state index contributed by atoms with van der Waals surface area (Å²) in [6.45, 7) is 9.16. The second-order valence-corrected chi connectivity index (χ2v) is 17.1. The Morgan fingerprint density at radius 2 is 0.873 bits per heavy atom. The lowest BCUT2D eigenvalue weighted by molar-refractivity contribution is -0.0907. The lowest BCUT2D eigenvalue weighted by Gasteiger charge is -2.40. The SMILES string of the molecule is CCCCCc1cnc(-c2ccc(C(OC(c3ccc(-c4cnc(CCCCC)cn4)cc3)C3CCC(CCC)CC3)C3CCC(CCC)CC3)cc2)cn1. The minimum atomic E-state index is 0.0628. The normalized spacial score (nSPS) is 21.3. The minimum Gasteiger partial charge on any atom is -0.365 e. The summed E-state index contributed by atoms with van der Waals surface area (Å²) in [5.41, 5.74) is 8.94. The molecule has 0 amide bonds. The van der Waals surface area contributed by atoms with Crippen molar-refractivity contribution in [3.05, 3.63) is 95.8 Å². The Morgan fingerprint density at radius 3 is 1.20 bits per heavy atom. The van der Waals surface area contributed by atoms with E-state index in [0.717, 1.165) is 58.6 Å². The Balaban J connectivity index is 1.25. The Labute approximate surface area is 334 Å². The average Bonchev–Trinajstić information content (AvgIpc) is 3.23. The highest BCUT2D eigenvalue weighted by molar-refractivity contribution is 5.59. The summed E-state index contributed by atoms with van der Waals surface area (Å²) < 4.78 is 7.65. The lowest BCUT2D eigenvalue weighted by atomic mass is 9.75. The number of unbranched alkanes of at least 4 members (excludes halogenated alkanes) is 4. The van der Waals surface area contributed by atoms with Gasteiger partial charge in [0.2, 0.25) is 0 Å². The van der Waals surface area contributed by atoms with Gasteiger partial charge in [-0.3, -0.25) is 19.9 Å². The molecule has 4 aromatic rings. The van der Waals surface area contributed by atoms with Crippen LogP contribution in [-0.4, -0.2) is 19.9 Å². The van der Waals surface area contributed by atoms with Gasteiger partial charge in [-0.2, -0.15) is 0 Å². The van der Waals surface area contributed by atoms with Crippen LogP contribution < -0.4 is 0 Å². The van der Waals surface area contributed by atoms with Gasteiger partial charge >= 0.3 is 0 Å². The van der Waals surface area contributed by atoms with Crippen LogP contribution in [0, 0.1) is 23.7 Å². The summed E-state index contributed by atoms with van der Waals surface area (Å²) in [6, 6.07) is 18.3. The molecule has 55 heavy (non-hydrogen) atoms. The molecular weight excluding hydrogens is 673 g/mol. The molecule has 2 saturated carbocycles. The molecule has 5 nitrogen and oxygen atoms in total. The Bertz CT molecular complexity index is 1510. The van der Waals surface area contributed by atoms with Gasteiger partial charge in [0.05, 0.1) is 47.4 Å². The molecule has 6 rings (SSSR count). The zero-order chi connectivity index (χ0) is 38.2. The number of aryl methyl sites for hydroxylation is 2. The predicted octanol–water partition coefficient (Wildman–Crippen LogP) is 14.1. The highest BCUT2D eigenvalue weighted by Crippen LogP contribution is 2.47. The van der Waals surface area contributed by atoms with Gasteiger partial charge < -0.3 is 4.74 Å². The van der Waals surface area contributed by atoms with Crippen molar-refractivity contribution in [2.45, 2.75) is 168 Å². The quantitative estimate of drug-likeness (QED) is 0.0844. The highest BCUT2D eigenvalue weighted by Gasteiger charge is 2.35. The maximum Gasteiger partial charge on any atom is 0.0885 e. The topological polar surface area (TPSA) is 60.8 Å². The number of hydrogen-bond acceptors (Lipinski definition) is 5. The Hall–Kier alpha value is -3.44. The van der Waals surface area contributed by atoms with Crippen LogP contribution in [0.2, 0.25) is 0 Å². The van der Waals surface area contributed by atoms with Crippen molar-refractivity contribution in [1.29, 1.82) is 0 Å². The second-order valence-electron chi connectivity index (χ2n) is 17.1. The second kappa shape index (κ2) is 21.8. The largest absolute Gasteiger partial charge is 0.365 e. The first-order valence-corrected chi connectivity index (χ1v) is 22.6. The van der Waals surface area contributed by atoms with Crippen molar-refractivity contribution in [3.8, 4) is 22.5 Å². The van der Waals surface area contributed by atoms with Crippen LogP contribution in [0.4, 0.5) is 0 Å². The van der Waals surface area contributed by atoms with Gasteiger partial charge in [-0.05, 0) is 86.2 Å². The molecule has 0 aliphatic heterocycles. The van der Waals surface area contributed by atoms with E-state index in [1.165, 1.54) is 127 Å². The smallest absolute Gasteiger partial charge is 0.0885 e. The zero-order valence-corrected chi connectivity index (χ0v) is 34.7. The number of aromatic nitrogens is 4. The first-order chi connectivity index (χ1) is 27.1. The van der Waals surface area contributed by atoms with Crippen molar-refractivity contribution in [1.82, 2.24) is 19.9 Å². The van der Waals surface area contributed by atoms with E-state index in [1.54, 1.807) is 0 Å². The molecule has 2 heterocycles. The van der Waals surface area contributed by atoms with E-state index >= 15 is 0 Å². The summed E-state index contributed by atoms with van der Waals surface area (Å²) >= 11 is 0. The average molecular weight is 743 g/mol. The Kier molecular flexibility index (Phi) is 16.3. The van der Waals surface area contributed by atoms with Crippen molar-refractivity contribution in [2.75, 3.05) is 0 Å². The molecule has 2 atom stereocenters. The fourth-order valence-corrected chi connectivity index (χ4v) is 9.52. The molecule has 0 N–H and O–H groups in total. The first kappa shape index (κ1) is 41.2. The fraction of sp³-hybridized carbons (Fsp3) is 0.600. The summed E-state index contributed by atoms with van der Waals surface area (Å²) in [7, 11) is 0. The molecule has 2 unspecified atom stereocenters. The van der Waals surface area contributed by atoms with Crippen molar-refractivity contribution < 1.29 is 4.74 Å². The molecular formula is C50H70N4O. The maximum atomic E-state index is 7.65. The van der Waals surface area contributed by atoms with E-state index in [-0.39, 0.29) is 12.2 Å². The molecule has 5 heteroatoms.